The molecular formula is C15H25N3O2. The highest BCUT2D eigenvalue weighted by Crippen LogP contribution is 2.18. The summed E-state index contributed by atoms with van der Waals surface area (Å²) in [4.78, 5) is 14.1. The highest BCUT2D eigenvalue weighted by Gasteiger charge is 2.11. The van der Waals surface area contributed by atoms with Gasteiger partial charge in [-0.15, -0.1) is 0 Å². The number of likely N-dealkylation sites (N-methyl/N-ethyl adjacent to an activating group) is 1. The van der Waals surface area contributed by atoms with Crippen LogP contribution in [-0.2, 0) is 4.74 Å². The summed E-state index contributed by atoms with van der Waals surface area (Å²) in [5.41, 5.74) is 7.55. The lowest BCUT2D eigenvalue weighted by molar-refractivity contribution is 0.0527. The summed E-state index contributed by atoms with van der Waals surface area (Å²) in [6, 6.07) is 5.35. The first-order chi connectivity index (χ1) is 9.62. The average molecular weight is 279 g/mol. The Morgan fingerprint density at radius 2 is 2.00 bits per heavy atom. The molecule has 20 heavy (non-hydrogen) atoms. The van der Waals surface area contributed by atoms with Crippen LogP contribution >= 0.6 is 0 Å². The van der Waals surface area contributed by atoms with Crippen molar-refractivity contribution >= 4 is 17.3 Å². The monoisotopic (exact) mass is 279 g/mol. The van der Waals surface area contributed by atoms with Crippen LogP contribution in [0.25, 0.3) is 0 Å². The van der Waals surface area contributed by atoms with Crippen LogP contribution < -0.4 is 11.1 Å². The topological polar surface area (TPSA) is 67.6 Å². The summed E-state index contributed by atoms with van der Waals surface area (Å²) in [6.45, 7) is 10.3. The maximum Gasteiger partial charge on any atom is 0.340 e. The number of nitrogens with two attached hydrogens (primary N) is 1. The SMILES string of the molecule is CCOC(=O)c1cc(NCCN(CC)CC)ccc1N. The molecule has 0 unspecified atom stereocenters. The lowest BCUT2D eigenvalue weighted by Crippen LogP contribution is -2.28. The fourth-order valence-corrected chi connectivity index (χ4v) is 1.95. The Morgan fingerprint density at radius 1 is 1.30 bits per heavy atom. The molecule has 0 saturated heterocycles. The first-order valence-corrected chi connectivity index (χ1v) is 7.15. The number of hydrogen-bond acceptors (Lipinski definition) is 5. The van der Waals surface area contributed by atoms with Gasteiger partial charge in [0.05, 0.1) is 12.2 Å². The van der Waals surface area contributed by atoms with Gasteiger partial charge in [-0.1, -0.05) is 13.8 Å². The summed E-state index contributed by atoms with van der Waals surface area (Å²) in [5.74, 6) is -0.377. The molecule has 5 nitrogen and oxygen atoms in total. The molecule has 112 valence electrons. The molecule has 0 radical (unpaired) electrons. The summed E-state index contributed by atoms with van der Waals surface area (Å²) in [5, 5.41) is 3.30. The quantitative estimate of drug-likeness (QED) is 0.564. The first kappa shape index (κ1) is 16.3. The highest BCUT2D eigenvalue weighted by atomic mass is 16.5. The number of carbonyl (C=O) groups excluding carboxylic acids is 1. The van der Waals surface area contributed by atoms with Gasteiger partial charge in [0.15, 0.2) is 0 Å². The summed E-state index contributed by atoms with van der Waals surface area (Å²) in [7, 11) is 0. The zero-order chi connectivity index (χ0) is 15.0. The molecule has 0 aliphatic carbocycles. The van der Waals surface area contributed by atoms with Gasteiger partial charge in [0, 0.05) is 24.5 Å². The number of esters is 1. The summed E-state index contributed by atoms with van der Waals surface area (Å²) in [6.07, 6.45) is 0. The van der Waals surface area contributed by atoms with Crippen LogP contribution in [0.1, 0.15) is 31.1 Å². The van der Waals surface area contributed by atoms with E-state index in [1.807, 2.05) is 6.07 Å². The first-order valence-electron chi connectivity index (χ1n) is 7.15. The van der Waals surface area contributed by atoms with Crippen molar-refractivity contribution in [2.24, 2.45) is 0 Å². The largest absolute Gasteiger partial charge is 0.462 e. The molecule has 0 aromatic heterocycles. The average Bonchev–Trinajstić information content (AvgIpc) is 2.45. The number of nitrogens with one attached hydrogen (secondary N) is 1. The minimum atomic E-state index is -0.377. The highest BCUT2D eigenvalue weighted by molar-refractivity contribution is 5.96. The molecule has 0 aliphatic heterocycles. The van der Waals surface area contributed by atoms with Gasteiger partial charge in [-0.25, -0.2) is 4.79 Å². The molecule has 0 saturated carbocycles. The Bertz CT molecular complexity index is 431. The van der Waals surface area contributed by atoms with Gasteiger partial charge in [-0.3, -0.25) is 0 Å². The van der Waals surface area contributed by atoms with Gasteiger partial charge in [0.25, 0.3) is 0 Å². The smallest absolute Gasteiger partial charge is 0.340 e. The van der Waals surface area contributed by atoms with Gasteiger partial charge >= 0.3 is 5.97 Å². The molecule has 0 aliphatic rings. The van der Waals surface area contributed by atoms with Crippen molar-refractivity contribution in [2.75, 3.05) is 43.8 Å². The molecule has 0 spiro atoms. The van der Waals surface area contributed by atoms with Gasteiger partial charge < -0.3 is 20.7 Å². The fraction of sp³-hybridized carbons (Fsp3) is 0.533. The molecule has 1 rings (SSSR count). The standard InChI is InChI=1S/C15H25N3O2/c1-4-18(5-2)10-9-17-12-7-8-14(16)13(11-12)15(19)20-6-3/h7-8,11,17H,4-6,9-10,16H2,1-3H3. The molecule has 1 aromatic carbocycles. The van der Waals surface area contributed by atoms with Crippen molar-refractivity contribution < 1.29 is 9.53 Å². The molecule has 3 N–H and O–H groups in total. The van der Waals surface area contributed by atoms with Crippen molar-refractivity contribution in [3.05, 3.63) is 23.8 Å². The van der Waals surface area contributed by atoms with Gasteiger partial charge in [-0.2, -0.15) is 0 Å². The molecule has 0 heterocycles. The van der Waals surface area contributed by atoms with Crippen molar-refractivity contribution in [3.8, 4) is 0 Å². The Kier molecular flexibility index (Phi) is 6.87. The van der Waals surface area contributed by atoms with Crippen molar-refractivity contribution in [2.45, 2.75) is 20.8 Å². The maximum atomic E-state index is 11.8. The fourth-order valence-electron chi connectivity index (χ4n) is 1.95. The third-order valence-electron chi connectivity index (χ3n) is 3.20. The predicted octanol–water partition coefficient (Wildman–Crippen LogP) is 2.20. The lowest BCUT2D eigenvalue weighted by atomic mass is 10.1. The molecule has 1 aromatic rings. The number of nitrogens with zero attached hydrogens (tertiary/aromatic N) is 1. The lowest BCUT2D eigenvalue weighted by Gasteiger charge is -2.18. The van der Waals surface area contributed by atoms with Crippen LogP contribution in [0.5, 0.6) is 0 Å². The zero-order valence-corrected chi connectivity index (χ0v) is 12.6. The van der Waals surface area contributed by atoms with E-state index >= 15 is 0 Å². The van der Waals surface area contributed by atoms with E-state index in [0.29, 0.717) is 17.9 Å². The number of ether oxygens (including phenoxy) is 1. The number of benzene rings is 1. The third kappa shape index (κ3) is 4.74. The molecule has 0 amide bonds. The minimum Gasteiger partial charge on any atom is -0.462 e. The minimum absolute atomic E-state index is 0.345. The van der Waals surface area contributed by atoms with E-state index in [1.165, 1.54) is 0 Å². The van der Waals surface area contributed by atoms with Crippen LogP contribution in [-0.4, -0.2) is 43.7 Å². The van der Waals surface area contributed by atoms with E-state index in [9.17, 15) is 4.79 Å². The number of rotatable bonds is 8. The molecule has 0 bridgehead atoms. The van der Waals surface area contributed by atoms with Crippen LogP contribution in [0.15, 0.2) is 18.2 Å². The maximum absolute atomic E-state index is 11.8. The molecule has 5 heteroatoms. The Labute approximate surface area is 121 Å². The van der Waals surface area contributed by atoms with E-state index in [1.54, 1.807) is 19.1 Å². The van der Waals surface area contributed by atoms with E-state index in [0.717, 1.165) is 31.9 Å². The van der Waals surface area contributed by atoms with Crippen LogP contribution in [0, 0.1) is 0 Å². The van der Waals surface area contributed by atoms with Crippen molar-refractivity contribution in [1.29, 1.82) is 0 Å². The van der Waals surface area contributed by atoms with E-state index < -0.39 is 0 Å². The second-order valence-corrected chi connectivity index (χ2v) is 4.48. The van der Waals surface area contributed by atoms with E-state index in [2.05, 4.69) is 24.1 Å². The number of hydrogen-bond donors (Lipinski definition) is 2. The van der Waals surface area contributed by atoms with Crippen molar-refractivity contribution in [3.63, 3.8) is 0 Å². The molecule has 0 fully saturated rings. The summed E-state index contributed by atoms with van der Waals surface area (Å²) >= 11 is 0. The Hall–Kier alpha value is -1.75. The Balaban J connectivity index is 2.63. The number of carbonyl (C=O) groups is 1. The second-order valence-electron chi connectivity index (χ2n) is 4.48. The molecule has 0 atom stereocenters. The zero-order valence-electron chi connectivity index (χ0n) is 12.6. The molecular weight excluding hydrogens is 254 g/mol. The number of anilines is 2. The van der Waals surface area contributed by atoms with Crippen molar-refractivity contribution in [1.82, 2.24) is 4.90 Å². The van der Waals surface area contributed by atoms with Gasteiger partial charge in [0.1, 0.15) is 0 Å². The van der Waals surface area contributed by atoms with Gasteiger partial charge in [-0.05, 0) is 38.2 Å². The van der Waals surface area contributed by atoms with Crippen LogP contribution in [0.2, 0.25) is 0 Å². The van der Waals surface area contributed by atoms with Crippen LogP contribution in [0.4, 0.5) is 11.4 Å². The normalized spacial score (nSPS) is 10.6. The predicted molar refractivity (Wildman–Crippen MR) is 83.1 cm³/mol. The van der Waals surface area contributed by atoms with E-state index in [4.69, 9.17) is 10.5 Å². The van der Waals surface area contributed by atoms with Crippen LogP contribution in [0.3, 0.4) is 0 Å². The third-order valence-corrected chi connectivity index (χ3v) is 3.20. The van der Waals surface area contributed by atoms with E-state index in [-0.39, 0.29) is 5.97 Å². The second kappa shape index (κ2) is 8.43. The summed E-state index contributed by atoms with van der Waals surface area (Å²) < 4.78 is 4.99. The Morgan fingerprint density at radius 3 is 2.60 bits per heavy atom. The van der Waals surface area contributed by atoms with Gasteiger partial charge in [0.2, 0.25) is 0 Å². The number of nitrogen functional groups attached to an aromatic ring is 1.